The van der Waals surface area contributed by atoms with Gasteiger partial charge in [-0.25, -0.2) is 9.67 Å². The summed E-state index contributed by atoms with van der Waals surface area (Å²) < 4.78 is 1.67. The van der Waals surface area contributed by atoms with E-state index in [0.717, 1.165) is 11.3 Å². The summed E-state index contributed by atoms with van der Waals surface area (Å²) in [6.07, 6.45) is 3.46. The van der Waals surface area contributed by atoms with Gasteiger partial charge in [-0.15, -0.1) is 12.4 Å². The zero-order valence-electron chi connectivity index (χ0n) is 10.3. The second-order valence-corrected chi connectivity index (χ2v) is 3.83. The van der Waals surface area contributed by atoms with Gasteiger partial charge in [0.15, 0.2) is 0 Å². The minimum absolute atomic E-state index is 0. The zero-order chi connectivity index (χ0) is 12.8. The molecular formula is C12H16ClN5O. The Labute approximate surface area is 117 Å². The molecule has 0 aliphatic carbocycles. The van der Waals surface area contributed by atoms with Gasteiger partial charge in [0.25, 0.3) is 0 Å². The molecule has 2 rings (SSSR count). The van der Waals surface area contributed by atoms with E-state index in [1.807, 2.05) is 24.3 Å². The SMILES string of the molecule is Cl.NCCC(=O)NCc1cccc(-n2cncn2)c1. The predicted molar refractivity (Wildman–Crippen MR) is 74.1 cm³/mol. The molecule has 0 saturated carbocycles. The highest BCUT2D eigenvalue weighted by molar-refractivity contribution is 5.85. The molecule has 6 nitrogen and oxygen atoms in total. The van der Waals surface area contributed by atoms with Crippen LogP contribution in [0.1, 0.15) is 12.0 Å². The van der Waals surface area contributed by atoms with Gasteiger partial charge in [-0.05, 0) is 17.7 Å². The van der Waals surface area contributed by atoms with Crippen LogP contribution in [0.5, 0.6) is 0 Å². The van der Waals surface area contributed by atoms with Gasteiger partial charge in [-0.3, -0.25) is 4.79 Å². The normalized spacial score (nSPS) is 9.74. The van der Waals surface area contributed by atoms with Crippen molar-refractivity contribution in [1.82, 2.24) is 20.1 Å². The molecule has 1 heterocycles. The summed E-state index contributed by atoms with van der Waals surface area (Å²) in [4.78, 5) is 15.2. The first-order valence-electron chi connectivity index (χ1n) is 5.70. The van der Waals surface area contributed by atoms with Gasteiger partial charge in [0, 0.05) is 19.5 Å². The topological polar surface area (TPSA) is 85.8 Å². The average molecular weight is 282 g/mol. The molecule has 102 valence electrons. The molecule has 0 aliphatic heterocycles. The molecule has 0 saturated heterocycles. The number of halogens is 1. The Kier molecular flexibility index (Phi) is 5.98. The van der Waals surface area contributed by atoms with Gasteiger partial charge in [0.2, 0.25) is 5.91 Å². The van der Waals surface area contributed by atoms with Crippen LogP contribution in [0.25, 0.3) is 5.69 Å². The van der Waals surface area contributed by atoms with E-state index in [0.29, 0.717) is 19.5 Å². The van der Waals surface area contributed by atoms with E-state index in [2.05, 4.69) is 15.4 Å². The summed E-state index contributed by atoms with van der Waals surface area (Å²) in [7, 11) is 0. The Hall–Kier alpha value is -1.92. The summed E-state index contributed by atoms with van der Waals surface area (Å²) >= 11 is 0. The molecule has 1 aromatic heterocycles. The van der Waals surface area contributed by atoms with Gasteiger partial charge >= 0.3 is 0 Å². The van der Waals surface area contributed by atoms with E-state index < -0.39 is 0 Å². The molecule has 0 fully saturated rings. The lowest BCUT2D eigenvalue weighted by atomic mass is 10.2. The number of hydrogen-bond donors (Lipinski definition) is 2. The second-order valence-electron chi connectivity index (χ2n) is 3.83. The van der Waals surface area contributed by atoms with E-state index in [-0.39, 0.29) is 18.3 Å². The molecule has 1 aromatic carbocycles. The molecule has 2 aromatic rings. The van der Waals surface area contributed by atoms with Crippen molar-refractivity contribution in [3.05, 3.63) is 42.5 Å². The number of aromatic nitrogens is 3. The van der Waals surface area contributed by atoms with Crippen molar-refractivity contribution < 1.29 is 4.79 Å². The molecule has 1 amide bonds. The van der Waals surface area contributed by atoms with Gasteiger partial charge < -0.3 is 11.1 Å². The fraction of sp³-hybridized carbons (Fsp3) is 0.250. The Morgan fingerprint density at radius 1 is 1.42 bits per heavy atom. The minimum Gasteiger partial charge on any atom is -0.352 e. The summed E-state index contributed by atoms with van der Waals surface area (Å²) in [5.74, 6) is -0.0383. The molecule has 0 spiro atoms. The Morgan fingerprint density at radius 3 is 2.95 bits per heavy atom. The first kappa shape index (κ1) is 15.1. The molecule has 0 atom stereocenters. The zero-order valence-corrected chi connectivity index (χ0v) is 11.1. The maximum Gasteiger partial charge on any atom is 0.221 e. The van der Waals surface area contributed by atoms with Crippen molar-refractivity contribution in [2.24, 2.45) is 5.73 Å². The number of nitrogens with zero attached hydrogens (tertiary/aromatic N) is 3. The summed E-state index contributed by atoms with van der Waals surface area (Å²) in [5, 5.41) is 6.86. The van der Waals surface area contributed by atoms with E-state index >= 15 is 0 Å². The molecule has 0 unspecified atom stereocenters. The monoisotopic (exact) mass is 281 g/mol. The number of benzene rings is 1. The number of nitrogens with two attached hydrogens (primary N) is 1. The third kappa shape index (κ3) is 4.35. The maximum absolute atomic E-state index is 11.3. The van der Waals surface area contributed by atoms with Gasteiger partial charge in [-0.2, -0.15) is 5.10 Å². The predicted octanol–water partition coefficient (Wildman–Crippen LogP) is 0.654. The maximum atomic E-state index is 11.3. The van der Waals surface area contributed by atoms with Crippen LogP contribution in [0.2, 0.25) is 0 Å². The first-order valence-corrected chi connectivity index (χ1v) is 5.70. The van der Waals surface area contributed by atoms with Crippen LogP contribution in [0.15, 0.2) is 36.9 Å². The highest BCUT2D eigenvalue weighted by atomic mass is 35.5. The summed E-state index contributed by atoms with van der Waals surface area (Å²) in [6.45, 7) is 0.853. The molecule has 19 heavy (non-hydrogen) atoms. The van der Waals surface area contributed by atoms with E-state index in [9.17, 15) is 4.79 Å². The Balaban J connectivity index is 0.00000180. The second kappa shape index (κ2) is 7.50. The van der Waals surface area contributed by atoms with Gasteiger partial charge in [0.05, 0.1) is 5.69 Å². The van der Waals surface area contributed by atoms with Gasteiger partial charge in [0.1, 0.15) is 12.7 Å². The van der Waals surface area contributed by atoms with E-state index in [1.54, 1.807) is 11.0 Å². The highest BCUT2D eigenvalue weighted by Gasteiger charge is 2.01. The van der Waals surface area contributed by atoms with Gasteiger partial charge in [-0.1, -0.05) is 12.1 Å². The summed E-state index contributed by atoms with van der Waals surface area (Å²) in [6, 6.07) is 7.75. The van der Waals surface area contributed by atoms with Crippen LogP contribution in [0.4, 0.5) is 0 Å². The number of rotatable bonds is 5. The van der Waals surface area contributed by atoms with Crippen molar-refractivity contribution in [3.8, 4) is 5.69 Å². The number of amides is 1. The third-order valence-electron chi connectivity index (χ3n) is 2.45. The Bertz CT molecular complexity index is 515. The lowest BCUT2D eigenvalue weighted by molar-refractivity contribution is -0.121. The number of nitrogens with one attached hydrogen (secondary N) is 1. The fourth-order valence-electron chi connectivity index (χ4n) is 1.57. The quantitative estimate of drug-likeness (QED) is 0.843. The van der Waals surface area contributed by atoms with Crippen molar-refractivity contribution in [3.63, 3.8) is 0 Å². The minimum atomic E-state index is -0.0383. The van der Waals surface area contributed by atoms with Crippen LogP contribution >= 0.6 is 12.4 Å². The largest absolute Gasteiger partial charge is 0.352 e. The van der Waals surface area contributed by atoms with Crippen LogP contribution in [-0.2, 0) is 11.3 Å². The third-order valence-corrected chi connectivity index (χ3v) is 2.45. The van der Waals surface area contributed by atoms with Crippen molar-refractivity contribution >= 4 is 18.3 Å². The van der Waals surface area contributed by atoms with Crippen molar-refractivity contribution in [2.75, 3.05) is 6.54 Å². The number of carbonyl (C=O) groups is 1. The lowest BCUT2D eigenvalue weighted by Crippen LogP contribution is -2.25. The fourth-order valence-corrected chi connectivity index (χ4v) is 1.57. The smallest absolute Gasteiger partial charge is 0.221 e. The Morgan fingerprint density at radius 2 is 2.26 bits per heavy atom. The van der Waals surface area contributed by atoms with Crippen LogP contribution < -0.4 is 11.1 Å². The highest BCUT2D eigenvalue weighted by Crippen LogP contribution is 2.08. The average Bonchev–Trinajstić information content (AvgIpc) is 2.91. The molecule has 0 bridgehead atoms. The standard InChI is InChI=1S/C12H15N5O.ClH/c13-5-4-12(18)15-7-10-2-1-3-11(6-10)17-9-14-8-16-17;/h1-3,6,8-9H,4-5,7,13H2,(H,15,18);1H. The summed E-state index contributed by atoms with van der Waals surface area (Å²) in [5.41, 5.74) is 7.23. The number of carbonyl (C=O) groups excluding carboxylic acids is 1. The van der Waals surface area contributed by atoms with E-state index in [1.165, 1.54) is 6.33 Å². The molecule has 0 aliphatic rings. The lowest BCUT2D eigenvalue weighted by Gasteiger charge is -2.06. The van der Waals surface area contributed by atoms with Crippen molar-refractivity contribution in [1.29, 1.82) is 0 Å². The molecule has 0 radical (unpaired) electrons. The van der Waals surface area contributed by atoms with Crippen molar-refractivity contribution in [2.45, 2.75) is 13.0 Å². The van der Waals surface area contributed by atoms with Crippen LogP contribution in [0.3, 0.4) is 0 Å². The first-order chi connectivity index (χ1) is 8.79. The molecular weight excluding hydrogens is 266 g/mol. The van der Waals surface area contributed by atoms with E-state index in [4.69, 9.17) is 5.73 Å². The molecule has 7 heteroatoms. The van der Waals surface area contributed by atoms with Crippen LogP contribution in [0, 0.1) is 0 Å². The molecule has 3 N–H and O–H groups in total. The van der Waals surface area contributed by atoms with Crippen LogP contribution in [-0.4, -0.2) is 27.2 Å². The number of hydrogen-bond acceptors (Lipinski definition) is 4.